The van der Waals surface area contributed by atoms with Crippen LogP contribution in [0.3, 0.4) is 0 Å². The van der Waals surface area contributed by atoms with Crippen LogP contribution in [0, 0.1) is 0 Å². The van der Waals surface area contributed by atoms with E-state index in [-0.39, 0.29) is 24.1 Å². The van der Waals surface area contributed by atoms with Crippen LogP contribution in [0.2, 0.25) is 0 Å². The van der Waals surface area contributed by atoms with Crippen molar-refractivity contribution in [2.45, 2.75) is 25.0 Å². The molecule has 2 saturated heterocycles. The van der Waals surface area contributed by atoms with Gasteiger partial charge in [-0.1, -0.05) is 4.49 Å². The van der Waals surface area contributed by atoms with Crippen LogP contribution in [0.15, 0.2) is 29.6 Å². The van der Waals surface area contributed by atoms with Gasteiger partial charge in [-0.15, -0.1) is 5.10 Å². The highest BCUT2D eigenvalue weighted by Gasteiger charge is 2.38. The van der Waals surface area contributed by atoms with E-state index in [0.29, 0.717) is 50.5 Å². The number of ether oxygens (including phenoxy) is 3. The van der Waals surface area contributed by atoms with Gasteiger partial charge in [0.2, 0.25) is 0 Å². The monoisotopic (exact) mass is 418 g/mol. The summed E-state index contributed by atoms with van der Waals surface area (Å²) in [6.07, 6.45) is 0.793. The van der Waals surface area contributed by atoms with E-state index >= 15 is 0 Å². The normalized spacial score (nSPS) is 19.9. The Morgan fingerprint density at radius 1 is 1.24 bits per heavy atom. The molecular weight excluding hydrogens is 396 g/mol. The number of carbonyl (C=O) groups is 2. The lowest BCUT2D eigenvalue weighted by molar-refractivity contribution is 0.0652. The number of amides is 2. The summed E-state index contributed by atoms with van der Waals surface area (Å²) in [6, 6.07) is 7.33. The largest absolute Gasteiger partial charge is 0.497 e. The second kappa shape index (κ2) is 8.64. The molecule has 4 rings (SSSR count). The van der Waals surface area contributed by atoms with Crippen molar-refractivity contribution in [1.29, 1.82) is 0 Å². The third kappa shape index (κ3) is 4.42. The van der Waals surface area contributed by atoms with Crippen LogP contribution >= 0.6 is 11.5 Å². The molecule has 154 valence electrons. The predicted octanol–water partition coefficient (Wildman–Crippen LogP) is 2.05. The molecule has 3 heterocycles. The van der Waals surface area contributed by atoms with Crippen LogP contribution in [0.5, 0.6) is 11.5 Å². The van der Waals surface area contributed by atoms with E-state index in [0.717, 1.165) is 17.3 Å². The molecule has 29 heavy (non-hydrogen) atoms. The van der Waals surface area contributed by atoms with E-state index in [2.05, 4.69) is 9.59 Å². The first-order valence-corrected chi connectivity index (χ1v) is 10.3. The Morgan fingerprint density at radius 2 is 1.97 bits per heavy atom. The average molecular weight is 418 g/mol. The second-order valence-corrected chi connectivity index (χ2v) is 7.57. The molecule has 2 fully saturated rings. The summed E-state index contributed by atoms with van der Waals surface area (Å²) in [5.41, 5.74) is 0.379. The summed E-state index contributed by atoms with van der Waals surface area (Å²) in [7, 11) is 1.61. The molecule has 2 amide bonds. The number of likely N-dealkylation sites (tertiary alicyclic amines) is 1. The zero-order valence-corrected chi connectivity index (χ0v) is 16.8. The van der Waals surface area contributed by atoms with Crippen LogP contribution in [0.4, 0.5) is 4.79 Å². The number of carbonyl (C=O) groups excluding carboxylic acids is 2. The fourth-order valence-corrected chi connectivity index (χ4v) is 4.02. The maximum Gasteiger partial charge on any atom is 0.410 e. The highest BCUT2D eigenvalue weighted by molar-refractivity contribution is 7.03. The minimum atomic E-state index is -0.318. The Bertz CT molecular complexity index is 837. The lowest BCUT2D eigenvalue weighted by Gasteiger charge is -2.35. The quantitative estimate of drug-likeness (QED) is 0.709. The van der Waals surface area contributed by atoms with E-state index in [9.17, 15) is 9.59 Å². The van der Waals surface area contributed by atoms with Gasteiger partial charge in [-0.2, -0.15) is 0 Å². The van der Waals surface area contributed by atoms with Crippen molar-refractivity contribution in [1.82, 2.24) is 19.4 Å². The van der Waals surface area contributed by atoms with Crippen LogP contribution in [-0.2, 0) is 4.74 Å². The van der Waals surface area contributed by atoms with E-state index < -0.39 is 0 Å². The first-order chi connectivity index (χ1) is 14.1. The van der Waals surface area contributed by atoms with Gasteiger partial charge >= 0.3 is 6.09 Å². The van der Waals surface area contributed by atoms with Gasteiger partial charge < -0.3 is 24.0 Å². The number of hydrogen-bond donors (Lipinski definition) is 0. The molecule has 1 aromatic heterocycles. The van der Waals surface area contributed by atoms with E-state index in [1.165, 1.54) is 0 Å². The molecule has 1 aromatic carbocycles. The third-order valence-corrected chi connectivity index (χ3v) is 5.67. The fourth-order valence-electron chi connectivity index (χ4n) is 3.59. The Labute approximate surface area is 172 Å². The van der Waals surface area contributed by atoms with Crippen LogP contribution < -0.4 is 9.47 Å². The lowest BCUT2D eigenvalue weighted by atomic mass is 10.0. The topological polar surface area (TPSA) is 94.1 Å². The van der Waals surface area contributed by atoms with Gasteiger partial charge in [0.05, 0.1) is 13.7 Å². The molecule has 1 unspecified atom stereocenters. The summed E-state index contributed by atoms with van der Waals surface area (Å²) < 4.78 is 20.1. The van der Waals surface area contributed by atoms with Crippen LogP contribution in [0.1, 0.15) is 23.3 Å². The zero-order chi connectivity index (χ0) is 20.2. The SMILES string of the molecule is COc1ccc(OCC2CN(C3CCN(C(=O)c4csnn4)CC3)C(=O)O2)cc1. The predicted molar refractivity (Wildman–Crippen MR) is 104 cm³/mol. The number of rotatable bonds is 6. The zero-order valence-electron chi connectivity index (χ0n) is 16.0. The number of piperidine rings is 1. The number of methoxy groups -OCH3 is 1. The van der Waals surface area contributed by atoms with Gasteiger partial charge in [-0.05, 0) is 48.6 Å². The molecule has 10 heteroatoms. The molecule has 0 bridgehead atoms. The molecular formula is C19H22N4O5S. The van der Waals surface area contributed by atoms with Crippen molar-refractivity contribution >= 4 is 23.5 Å². The minimum Gasteiger partial charge on any atom is -0.497 e. The number of benzene rings is 1. The molecule has 0 saturated carbocycles. The Balaban J connectivity index is 1.25. The van der Waals surface area contributed by atoms with E-state index in [1.807, 2.05) is 24.3 Å². The van der Waals surface area contributed by atoms with Gasteiger partial charge in [0.15, 0.2) is 11.8 Å². The second-order valence-electron chi connectivity index (χ2n) is 6.96. The van der Waals surface area contributed by atoms with Gasteiger partial charge in [-0.3, -0.25) is 4.79 Å². The number of hydrogen-bond acceptors (Lipinski definition) is 8. The maximum atomic E-state index is 12.4. The van der Waals surface area contributed by atoms with Gasteiger partial charge in [0.25, 0.3) is 5.91 Å². The van der Waals surface area contributed by atoms with Crippen molar-refractivity contribution in [2.24, 2.45) is 0 Å². The molecule has 0 spiro atoms. The van der Waals surface area contributed by atoms with Crippen molar-refractivity contribution in [3.63, 3.8) is 0 Å². The van der Waals surface area contributed by atoms with E-state index in [4.69, 9.17) is 14.2 Å². The van der Waals surface area contributed by atoms with Crippen molar-refractivity contribution < 1.29 is 23.8 Å². The van der Waals surface area contributed by atoms with Crippen molar-refractivity contribution in [3.8, 4) is 11.5 Å². The average Bonchev–Trinajstić information content (AvgIpc) is 3.42. The summed E-state index contributed by atoms with van der Waals surface area (Å²) in [5, 5.41) is 5.49. The van der Waals surface area contributed by atoms with Crippen molar-refractivity contribution in [2.75, 3.05) is 33.4 Å². The summed E-state index contributed by atoms with van der Waals surface area (Å²) in [5.74, 6) is 1.35. The number of aromatic nitrogens is 2. The highest BCUT2D eigenvalue weighted by Crippen LogP contribution is 2.24. The molecule has 0 radical (unpaired) electrons. The van der Waals surface area contributed by atoms with Gasteiger partial charge in [0, 0.05) is 24.5 Å². The molecule has 0 aliphatic carbocycles. The Morgan fingerprint density at radius 3 is 2.62 bits per heavy atom. The standard InChI is InChI=1S/C19H22N4O5S/c1-26-14-2-4-15(5-3-14)27-11-16-10-23(19(25)28-16)13-6-8-22(9-7-13)18(24)17-12-29-21-20-17/h2-5,12-13,16H,6-11H2,1H3. The summed E-state index contributed by atoms with van der Waals surface area (Å²) >= 11 is 1.16. The van der Waals surface area contributed by atoms with Crippen LogP contribution in [0.25, 0.3) is 0 Å². The van der Waals surface area contributed by atoms with Crippen molar-refractivity contribution in [3.05, 3.63) is 35.3 Å². The third-order valence-electron chi connectivity index (χ3n) is 5.17. The fraction of sp³-hybridized carbons (Fsp3) is 0.474. The minimum absolute atomic E-state index is 0.0612. The molecule has 0 N–H and O–H groups in total. The van der Waals surface area contributed by atoms with Gasteiger partial charge in [-0.25, -0.2) is 4.79 Å². The number of cyclic esters (lactones) is 1. The summed E-state index contributed by atoms with van der Waals surface area (Å²) in [4.78, 5) is 28.2. The highest BCUT2D eigenvalue weighted by atomic mass is 32.1. The molecule has 2 aromatic rings. The maximum absolute atomic E-state index is 12.4. The smallest absolute Gasteiger partial charge is 0.410 e. The molecule has 1 atom stereocenters. The lowest BCUT2D eigenvalue weighted by Crippen LogP contribution is -2.47. The Hall–Kier alpha value is -2.88. The molecule has 2 aliphatic heterocycles. The Kier molecular flexibility index (Phi) is 5.79. The molecule has 9 nitrogen and oxygen atoms in total. The van der Waals surface area contributed by atoms with Crippen LogP contribution in [-0.4, -0.2) is 76.9 Å². The van der Waals surface area contributed by atoms with E-state index in [1.54, 1.807) is 22.3 Å². The summed E-state index contributed by atoms with van der Waals surface area (Å²) in [6.45, 7) is 1.95. The van der Waals surface area contributed by atoms with Gasteiger partial charge in [0.1, 0.15) is 18.1 Å². The number of nitrogens with zero attached hydrogens (tertiary/aromatic N) is 4. The first kappa shape index (κ1) is 19.4. The molecule has 2 aliphatic rings. The first-order valence-electron chi connectivity index (χ1n) is 9.44.